The van der Waals surface area contributed by atoms with Gasteiger partial charge in [-0.2, -0.15) is 0 Å². The highest BCUT2D eigenvalue weighted by molar-refractivity contribution is 7.92. The summed E-state index contributed by atoms with van der Waals surface area (Å²) < 4.78 is 38.5. The number of hydrogen-bond donors (Lipinski definition) is 2. The summed E-state index contributed by atoms with van der Waals surface area (Å²) in [5, 5.41) is 2.81. The molecule has 0 unspecified atom stereocenters. The molecule has 7 heteroatoms. The lowest BCUT2D eigenvalue weighted by molar-refractivity contribution is 0.596. The van der Waals surface area contributed by atoms with Gasteiger partial charge in [-0.1, -0.05) is 11.6 Å². The normalized spacial score (nSPS) is 11.5. The standard InChI is InChI=1S/C10H14ClFN2O2S/c1-13-5-2-6-17(15,16)14-8-3-4-9(11)10(12)7-8/h3-4,7,13-14H,2,5-6H2,1H3. The van der Waals surface area contributed by atoms with Gasteiger partial charge in [-0.15, -0.1) is 0 Å². The van der Waals surface area contributed by atoms with Crippen molar-refractivity contribution in [3.05, 3.63) is 29.0 Å². The van der Waals surface area contributed by atoms with Crippen molar-refractivity contribution in [1.82, 2.24) is 5.32 Å². The molecule has 0 spiro atoms. The first-order chi connectivity index (χ1) is 7.94. The maximum absolute atomic E-state index is 13.1. The van der Waals surface area contributed by atoms with E-state index in [2.05, 4.69) is 10.0 Å². The minimum atomic E-state index is -3.44. The second-order valence-electron chi connectivity index (χ2n) is 3.51. The lowest BCUT2D eigenvalue weighted by atomic mass is 10.3. The van der Waals surface area contributed by atoms with E-state index in [4.69, 9.17) is 11.6 Å². The van der Waals surface area contributed by atoms with Gasteiger partial charge in [0.1, 0.15) is 5.82 Å². The van der Waals surface area contributed by atoms with E-state index in [0.29, 0.717) is 13.0 Å². The maximum atomic E-state index is 13.1. The molecule has 17 heavy (non-hydrogen) atoms. The largest absolute Gasteiger partial charge is 0.320 e. The number of benzene rings is 1. The van der Waals surface area contributed by atoms with Crippen LogP contribution < -0.4 is 10.0 Å². The Morgan fingerprint density at radius 3 is 2.71 bits per heavy atom. The molecular formula is C10H14ClFN2O2S. The van der Waals surface area contributed by atoms with E-state index < -0.39 is 15.8 Å². The molecule has 4 nitrogen and oxygen atoms in total. The van der Waals surface area contributed by atoms with Gasteiger partial charge in [0.2, 0.25) is 10.0 Å². The predicted molar refractivity (Wildman–Crippen MR) is 67.4 cm³/mol. The fourth-order valence-electron chi connectivity index (χ4n) is 1.23. The molecule has 0 radical (unpaired) electrons. The average Bonchev–Trinajstić information content (AvgIpc) is 2.23. The highest BCUT2D eigenvalue weighted by atomic mass is 35.5. The van der Waals surface area contributed by atoms with Crippen molar-refractivity contribution in [3.63, 3.8) is 0 Å². The van der Waals surface area contributed by atoms with Crippen LogP contribution in [-0.4, -0.2) is 27.8 Å². The highest BCUT2D eigenvalue weighted by Crippen LogP contribution is 2.19. The van der Waals surface area contributed by atoms with Gasteiger partial charge in [0, 0.05) is 0 Å². The van der Waals surface area contributed by atoms with Crippen LogP contribution in [0, 0.1) is 5.82 Å². The lowest BCUT2D eigenvalue weighted by Crippen LogP contribution is -2.20. The number of nitrogens with one attached hydrogen (secondary N) is 2. The predicted octanol–water partition coefficient (Wildman–Crippen LogP) is 1.83. The maximum Gasteiger partial charge on any atom is 0.232 e. The zero-order chi connectivity index (χ0) is 12.9. The SMILES string of the molecule is CNCCCS(=O)(=O)Nc1ccc(Cl)c(F)c1. The smallest absolute Gasteiger partial charge is 0.232 e. The first-order valence-corrected chi connectivity index (χ1v) is 7.08. The van der Waals surface area contributed by atoms with Gasteiger partial charge in [-0.25, -0.2) is 12.8 Å². The van der Waals surface area contributed by atoms with Crippen molar-refractivity contribution >= 4 is 27.3 Å². The number of rotatable bonds is 6. The molecule has 0 aliphatic carbocycles. The third kappa shape index (κ3) is 4.89. The van der Waals surface area contributed by atoms with Crippen LogP contribution >= 0.6 is 11.6 Å². The Labute approximate surface area is 105 Å². The van der Waals surface area contributed by atoms with Gasteiger partial charge in [-0.3, -0.25) is 4.72 Å². The molecule has 0 saturated carbocycles. The molecule has 0 aliphatic heterocycles. The zero-order valence-corrected chi connectivity index (χ0v) is 10.9. The lowest BCUT2D eigenvalue weighted by Gasteiger charge is -2.08. The van der Waals surface area contributed by atoms with Gasteiger partial charge < -0.3 is 5.32 Å². The monoisotopic (exact) mass is 280 g/mol. The molecule has 2 N–H and O–H groups in total. The van der Waals surface area contributed by atoms with Gasteiger partial charge in [-0.05, 0) is 38.2 Å². The van der Waals surface area contributed by atoms with Crippen LogP contribution in [-0.2, 0) is 10.0 Å². The van der Waals surface area contributed by atoms with E-state index in [9.17, 15) is 12.8 Å². The van der Waals surface area contributed by atoms with Gasteiger partial charge >= 0.3 is 0 Å². The average molecular weight is 281 g/mol. The van der Waals surface area contributed by atoms with E-state index in [1.807, 2.05) is 0 Å². The molecule has 0 heterocycles. The molecular weight excluding hydrogens is 267 g/mol. The number of sulfonamides is 1. The van der Waals surface area contributed by atoms with Gasteiger partial charge in [0.25, 0.3) is 0 Å². The van der Waals surface area contributed by atoms with Crippen LogP contribution in [0.3, 0.4) is 0 Å². The summed E-state index contributed by atoms with van der Waals surface area (Å²) in [5.74, 6) is -0.667. The van der Waals surface area contributed by atoms with Gasteiger partial charge in [0.15, 0.2) is 0 Å². The first-order valence-electron chi connectivity index (χ1n) is 5.05. The molecule has 0 aromatic heterocycles. The third-order valence-corrected chi connectivity index (χ3v) is 3.71. The molecule has 0 bridgehead atoms. The van der Waals surface area contributed by atoms with Gasteiger partial charge in [0.05, 0.1) is 16.5 Å². The minimum Gasteiger partial charge on any atom is -0.320 e. The van der Waals surface area contributed by atoms with E-state index >= 15 is 0 Å². The quantitative estimate of drug-likeness (QED) is 0.782. The van der Waals surface area contributed by atoms with E-state index in [-0.39, 0.29) is 16.5 Å². The second-order valence-corrected chi connectivity index (χ2v) is 5.76. The fourth-order valence-corrected chi connectivity index (χ4v) is 2.46. The van der Waals surface area contributed by atoms with Crippen molar-refractivity contribution in [3.8, 4) is 0 Å². The molecule has 1 aromatic carbocycles. The molecule has 0 aliphatic rings. The summed E-state index contributed by atoms with van der Waals surface area (Å²) in [6, 6.07) is 3.78. The van der Waals surface area contributed by atoms with Crippen molar-refractivity contribution < 1.29 is 12.8 Å². The van der Waals surface area contributed by atoms with Crippen LogP contribution in [0.2, 0.25) is 5.02 Å². The van der Waals surface area contributed by atoms with Crippen LogP contribution in [0.25, 0.3) is 0 Å². The number of halogens is 2. The zero-order valence-electron chi connectivity index (χ0n) is 9.33. The first kappa shape index (κ1) is 14.2. The summed E-state index contributed by atoms with van der Waals surface area (Å²) in [6.45, 7) is 0.607. The molecule has 0 fully saturated rings. The summed E-state index contributed by atoms with van der Waals surface area (Å²) in [5.41, 5.74) is 0.177. The Balaban J connectivity index is 2.66. The van der Waals surface area contributed by atoms with Crippen LogP contribution in [0.5, 0.6) is 0 Å². The Kier molecular flexibility index (Phi) is 5.17. The van der Waals surface area contributed by atoms with E-state index in [1.54, 1.807) is 7.05 Å². The van der Waals surface area contributed by atoms with Crippen molar-refractivity contribution in [1.29, 1.82) is 0 Å². The Hall–Kier alpha value is -0.850. The van der Waals surface area contributed by atoms with E-state index in [0.717, 1.165) is 6.07 Å². The summed E-state index contributed by atoms with van der Waals surface area (Å²) in [7, 11) is -1.69. The summed E-state index contributed by atoms with van der Waals surface area (Å²) in [4.78, 5) is 0. The molecule has 96 valence electrons. The summed E-state index contributed by atoms with van der Waals surface area (Å²) >= 11 is 5.49. The molecule has 1 rings (SSSR count). The third-order valence-electron chi connectivity index (χ3n) is 2.03. The second kappa shape index (κ2) is 6.18. The van der Waals surface area contributed by atoms with E-state index in [1.165, 1.54) is 12.1 Å². The minimum absolute atomic E-state index is 0.0158. The molecule has 0 saturated heterocycles. The van der Waals surface area contributed by atoms with Crippen molar-refractivity contribution in [2.75, 3.05) is 24.1 Å². The Bertz CT molecular complexity index is 479. The van der Waals surface area contributed by atoms with Crippen molar-refractivity contribution in [2.24, 2.45) is 0 Å². The summed E-state index contributed by atoms with van der Waals surface area (Å²) in [6.07, 6.45) is 0.488. The Morgan fingerprint density at radius 1 is 1.41 bits per heavy atom. The van der Waals surface area contributed by atoms with Crippen molar-refractivity contribution in [2.45, 2.75) is 6.42 Å². The number of anilines is 1. The highest BCUT2D eigenvalue weighted by Gasteiger charge is 2.11. The van der Waals surface area contributed by atoms with Crippen LogP contribution in [0.4, 0.5) is 10.1 Å². The van der Waals surface area contributed by atoms with Crippen LogP contribution in [0.15, 0.2) is 18.2 Å². The Morgan fingerprint density at radius 2 is 2.12 bits per heavy atom. The van der Waals surface area contributed by atoms with Crippen LogP contribution in [0.1, 0.15) is 6.42 Å². The number of hydrogen-bond acceptors (Lipinski definition) is 3. The topological polar surface area (TPSA) is 58.2 Å². The molecule has 0 amide bonds. The fraction of sp³-hybridized carbons (Fsp3) is 0.400. The molecule has 1 aromatic rings. The molecule has 0 atom stereocenters.